The lowest BCUT2D eigenvalue weighted by Crippen LogP contribution is -2.50. The van der Waals surface area contributed by atoms with Gasteiger partial charge in [-0.2, -0.15) is 0 Å². The summed E-state index contributed by atoms with van der Waals surface area (Å²) in [6, 6.07) is 2.65. The van der Waals surface area contributed by atoms with Crippen molar-refractivity contribution in [3.8, 4) is 11.5 Å². The molecular weight excluding hydrogens is 302 g/mol. The fraction of sp³-hybridized carbons (Fsp3) is 0.588. The van der Waals surface area contributed by atoms with Crippen LogP contribution in [-0.2, 0) is 0 Å². The number of phenolic OH excluding ortho intramolecular Hbond substituents is 2. The third-order valence-electron chi connectivity index (χ3n) is 5.93. The van der Waals surface area contributed by atoms with E-state index in [0.29, 0.717) is 29.0 Å². The molecule has 4 saturated carbocycles. The molecule has 4 nitrogen and oxygen atoms in total. The van der Waals surface area contributed by atoms with E-state index >= 15 is 0 Å². The van der Waals surface area contributed by atoms with Crippen molar-refractivity contribution in [1.29, 1.82) is 0 Å². The van der Waals surface area contributed by atoms with Crippen molar-refractivity contribution in [2.75, 3.05) is 0 Å². The molecule has 118 valence electrons. The minimum absolute atomic E-state index is 0.0888. The molecule has 0 radical (unpaired) electrons. The van der Waals surface area contributed by atoms with E-state index in [2.05, 4.69) is 5.16 Å². The quantitative estimate of drug-likeness (QED) is 0.435. The topological polar surface area (TPSA) is 73.1 Å². The molecule has 0 aliphatic heterocycles. The Kier molecular flexibility index (Phi) is 3.09. The molecule has 1 aromatic rings. The van der Waals surface area contributed by atoms with Gasteiger partial charge in [0.2, 0.25) is 0 Å². The highest BCUT2D eigenvalue weighted by Gasteiger charge is 2.54. The van der Waals surface area contributed by atoms with E-state index in [9.17, 15) is 15.4 Å². The number of benzene rings is 1. The summed E-state index contributed by atoms with van der Waals surface area (Å²) in [5.74, 6) is 1.88. The zero-order chi connectivity index (χ0) is 15.5. The number of nitrogens with zero attached hydrogens (tertiary/aromatic N) is 1. The maximum absolute atomic E-state index is 10.2. The third kappa shape index (κ3) is 2.00. The molecule has 5 heteroatoms. The van der Waals surface area contributed by atoms with Crippen molar-refractivity contribution < 1.29 is 15.4 Å². The SMILES string of the molecule is O/N=C(\c1c(O)cc(O)cc1Cl)C12CC3CC(CC(C3)C1)C2. The minimum Gasteiger partial charge on any atom is -0.508 e. The molecule has 5 rings (SSSR count). The molecule has 3 N–H and O–H groups in total. The monoisotopic (exact) mass is 321 g/mol. The largest absolute Gasteiger partial charge is 0.508 e. The Hall–Kier alpha value is -1.42. The molecule has 1 aromatic carbocycles. The Labute approximate surface area is 134 Å². The van der Waals surface area contributed by atoms with E-state index in [4.69, 9.17) is 11.6 Å². The van der Waals surface area contributed by atoms with Gasteiger partial charge in [0, 0.05) is 11.5 Å². The number of oxime groups is 1. The summed E-state index contributed by atoms with van der Waals surface area (Å²) in [6.45, 7) is 0. The second kappa shape index (κ2) is 4.79. The molecule has 0 unspecified atom stereocenters. The predicted molar refractivity (Wildman–Crippen MR) is 83.7 cm³/mol. The van der Waals surface area contributed by atoms with Gasteiger partial charge in [-0.1, -0.05) is 16.8 Å². The molecule has 0 spiro atoms. The number of halogens is 1. The van der Waals surface area contributed by atoms with Crippen LogP contribution < -0.4 is 0 Å². The van der Waals surface area contributed by atoms with Gasteiger partial charge in [-0.25, -0.2) is 0 Å². The molecule has 4 bridgehead atoms. The Bertz CT molecular complexity index is 597. The lowest BCUT2D eigenvalue weighted by Gasteiger charge is -2.56. The van der Waals surface area contributed by atoms with Crippen LogP contribution in [0.25, 0.3) is 0 Å². The Balaban J connectivity index is 1.81. The van der Waals surface area contributed by atoms with E-state index in [1.807, 2.05) is 0 Å². The summed E-state index contributed by atoms with van der Waals surface area (Å²) < 4.78 is 0. The number of rotatable bonds is 2. The summed E-state index contributed by atoms with van der Waals surface area (Å²) in [6.07, 6.45) is 6.88. The van der Waals surface area contributed by atoms with Crippen LogP contribution in [0.2, 0.25) is 5.02 Å². The average molecular weight is 322 g/mol. The van der Waals surface area contributed by atoms with Crippen molar-refractivity contribution in [3.05, 3.63) is 22.7 Å². The molecule has 22 heavy (non-hydrogen) atoms. The van der Waals surface area contributed by atoms with E-state index in [1.54, 1.807) is 0 Å². The van der Waals surface area contributed by atoms with E-state index in [0.717, 1.165) is 19.3 Å². The lowest BCUT2D eigenvalue weighted by molar-refractivity contribution is -0.0134. The second-order valence-corrected chi connectivity index (χ2v) is 7.88. The van der Waals surface area contributed by atoms with Gasteiger partial charge in [0.15, 0.2) is 0 Å². The third-order valence-corrected chi connectivity index (χ3v) is 6.23. The van der Waals surface area contributed by atoms with Crippen LogP contribution in [-0.4, -0.2) is 21.1 Å². The molecule has 4 aliphatic carbocycles. The van der Waals surface area contributed by atoms with Crippen LogP contribution in [0.4, 0.5) is 0 Å². The smallest absolute Gasteiger partial charge is 0.129 e. The predicted octanol–water partition coefficient (Wildman–Crippen LogP) is 4.15. The molecule has 0 aromatic heterocycles. The number of phenols is 2. The Morgan fingerprint density at radius 2 is 1.59 bits per heavy atom. The van der Waals surface area contributed by atoms with Crippen LogP contribution in [0.5, 0.6) is 11.5 Å². The highest BCUT2D eigenvalue weighted by Crippen LogP contribution is 2.61. The van der Waals surface area contributed by atoms with Crippen molar-refractivity contribution in [2.24, 2.45) is 28.3 Å². The molecule has 0 atom stereocenters. The normalized spacial score (nSPS) is 36.8. The van der Waals surface area contributed by atoms with E-state index in [1.165, 1.54) is 31.4 Å². The summed E-state index contributed by atoms with van der Waals surface area (Å²) in [5.41, 5.74) is 0.708. The maximum Gasteiger partial charge on any atom is 0.129 e. The van der Waals surface area contributed by atoms with Gasteiger partial charge in [-0.05, 0) is 62.3 Å². The van der Waals surface area contributed by atoms with Gasteiger partial charge in [-0.3, -0.25) is 0 Å². The summed E-state index contributed by atoms with van der Waals surface area (Å²) in [5, 5.41) is 33.3. The highest BCUT2D eigenvalue weighted by atomic mass is 35.5. The lowest BCUT2D eigenvalue weighted by atomic mass is 9.48. The fourth-order valence-corrected chi connectivity index (χ4v) is 5.93. The Morgan fingerprint density at radius 1 is 1.05 bits per heavy atom. The molecular formula is C17H20ClNO3. The van der Waals surface area contributed by atoms with Crippen LogP contribution in [0.3, 0.4) is 0 Å². The zero-order valence-electron chi connectivity index (χ0n) is 12.3. The van der Waals surface area contributed by atoms with E-state index in [-0.39, 0.29) is 21.9 Å². The second-order valence-electron chi connectivity index (χ2n) is 7.47. The summed E-state index contributed by atoms with van der Waals surface area (Å²) in [7, 11) is 0. The van der Waals surface area contributed by atoms with Crippen molar-refractivity contribution in [2.45, 2.75) is 38.5 Å². The highest BCUT2D eigenvalue weighted by molar-refractivity contribution is 6.35. The minimum atomic E-state index is -0.179. The molecule has 0 amide bonds. The van der Waals surface area contributed by atoms with Crippen LogP contribution in [0, 0.1) is 23.2 Å². The van der Waals surface area contributed by atoms with Crippen molar-refractivity contribution in [1.82, 2.24) is 0 Å². The fourth-order valence-electron chi connectivity index (χ4n) is 5.63. The van der Waals surface area contributed by atoms with E-state index < -0.39 is 0 Å². The molecule has 4 fully saturated rings. The maximum atomic E-state index is 10.2. The molecule has 4 aliphatic rings. The van der Waals surface area contributed by atoms with Crippen molar-refractivity contribution >= 4 is 17.3 Å². The first kappa shape index (κ1) is 14.2. The van der Waals surface area contributed by atoms with Gasteiger partial charge < -0.3 is 15.4 Å². The van der Waals surface area contributed by atoms with Gasteiger partial charge >= 0.3 is 0 Å². The van der Waals surface area contributed by atoms with Gasteiger partial charge in [-0.15, -0.1) is 0 Å². The van der Waals surface area contributed by atoms with Crippen LogP contribution in [0.15, 0.2) is 17.3 Å². The first-order valence-corrected chi connectivity index (χ1v) is 8.33. The van der Waals surface area contributed by atoms with Gasteiger partial charge in [0.25, 0.3) is 0 Å². The van der Waals surface area contributed by atoms with Gasteiger partial charge in [0.1, 0.15) is 11.5 Å². The molecule has 0 heterocycles. The van der Waals surface area contributed by atoms with Crippen molar-refractivity contribution in [3.63, 3.8) is 0 Å². The summed E-state index contributed by atoms with van der Waals surface area (Å²) in [4.78, 5) is 0. The number of aromatic hydroxyl groups is 2. The first-order valence-electron chi connectivity index (χ1n) is 7.95. The zero-order valence-corrected chi connectivity index (χ0v) is 13.1. The van der Waals surface area contributed by atoms with Crippen LogP contribution in [0.1, 0.15) is 44.1 Å². The molecule has 0 saturated heterocycles. The summed E-state index contributed by atoms with van der Waals surface area (Å²) >= 11 is 6.24. The average Bonchev–Trinajstić information content (AvgIpc) is 2.40. The number of hydrogen-bond acceptors (Lipinski definition) is 4. The standard InChI is InChI=1S/C17H20ClNO3/c18-13-4-12(20)5-14(21)15(13)16(19-22)17-6-9-1-10(7-17)3-11(2-9)8-17/h4-5,9-11,20-22H,1-3,6-8H2/b19-16+. The Morgan fingerprint density at radius 3 is 2.05 bits per heavy atom. The first-order chi connectivity index (χ1) is 10.5. The van der Waals surface area contributed by atoms with Gasteiger partial charge in [0.05, 0.1) is 16.3 Å². The van der Waals surface area contributed by atoms with Crippen LogP contribution >= 0.6 is 11.6 Å². The number of hydrogen-bond donors (Lipinski definition) is 3.